The summed E-state index contributed by atoms with van der Waals surface area (Å²) in [7, 11) is 1.95. The maximum absolute atomic E-state index is 12.7. The molecule has 1 aliphatic heterocycles. The molecule has 0 unspecified atom stereocenters. The van der Waals surface area contributed by atoms with Gasteiger partial charge in [0.05, 0.1) is 30.5 Å². The van der Waals surface area contributed by atoms with E-state index in [0.29, 0.717) is 30.8 Å². The Balaban J connectivity index is 1.20. The first-order chi connectivity index (χ1) is 24.3. The van der Waals surface area contributed by atoms with Gasteiger partial charge >= 0.3 is 0 Å². The summed E-state index contributed by atoms with van der Waals surface area (Å²) in [4.78, 5) is 18.8. The predicted molar refractivity (Wildman–Crippen MR) is 191 cm³/mol. The van der Waals surface area contributed by atoms with Crippen LogP contribution in [0, 0.1) is 5.92 Å². The highest BCUT2D eigenvalue weighted by molar-refractivity contribution is 5.93. The lowest BCUT2D eigenvalue weighted by molar-refractivity contribution is -0.276. The third-order valence-corrected chi connectivity index (χ3v) is 9.23. The molecule has 9 heteroatoms. The van der Waals surface area contributed by atoms with E-state index >= 15 is 0 Å². The molecule has 2 heterocycles. The van der Waals surface area contributed by atoms with E-state index < -0.39 is 12.4 Å². The number of phenolic OH excluding ortho intramolecular Hbond substituents is 1. The molecule has 9 nitrogen and oxygen atoms in total. The van der Waals surface area contributed by atoms with Crippen molar-refractivity contribution in [3.05, 3.63) is 155 Å². The standard InChI is InChI=1S/C41H43N3O6/c1-27-38(25-44(2)24-37(47)32-8-5-10-35(46)21-32)49-41(50-39(27)30-14-12-28(26-45)13-15-30)31-18-16-29(17-19-31)36-11-4-3-7-33(36)23-43-40(48)34-9-6-20-42-22-34/h3-22,27,37-39,41,45-47H,23-26H2,1-2H3,(H,43,48)/t27-,37+,38+,39+,41+/m0/s1. The number of hydrogen-bond acceptors (Lipinski definition) is 8. The second-order valence-electron chi connectivity index (χ2n) is 12.9. The van der Waals surface area contributed by atoms with Gasteiger partial charge in [0.1, 0.15) is 5.75 Å². The highest BCUT2D eigenvalue weighted by atomic mass is 16.7. The van der Waals surface area contributed by atoms with Crippen molar-refractivity contribution >= 4 is 5.91 Å². The molecule has 50 heavy (non-hydrogen) atoms. The number of carbonyl (C=O) groups is 1. The van der Waals surface area contributed by atoms with Crippen LogP contribution in [0.25, 0.3) is 11.1 Å². The van der Waals surface area contributed by atoms with Gasteiger partial charge in [-0.2, -0.15) is 0 Å². The van der Waals surface area contributed by atoms with E-state index in [1.165, 1.54) is 0 Å². The van der Waals surface area contributed by atoms with Crippen LogP contribution in [0.2, 0.25) is 0 Å². The van der Waals surface area contributed by atoms with Crippen molar-refractivity contribution in [3.63, 3.8) is 0 Å². The van der Waals surface area contributed by atoms with E-state index in [1.54, 1.807) is 48.8 Å². The number of pyridine rings is 1. The van der Waals surface area contributed by atoms with E-state index in [-0.39, 0.29) is 36.4 Å². The molecule has 5 atom stereocenters. The topological polar surface area (TPSA) is 124 Å². The van der Waals surface area contributed by atoms with Crippen LogP contribution in [0.4, 0.5) is 0 Å². The quantitative estimate of drug-likeness (QED) is 0.121. The van der Waals surface area contributed by atoms with Crippen molar-refractivity contribution in [2.24, 2.45) is 5.92 Å². The van der Waals surface area contributed by atoms with Crippen LogP contribution in [-0.2, 0) is 22.6 Å². The number of aromatic hydroxyl groups is 1. The summed E-state index contributed by atoms with van der Waals surface area (Å²) in [5.41, 5.74) is 6.84. The van der Waals surface area contributed by atoms with Crippen LogP contribution in [0.15, 0.2) is 122 Å². The third kappa shape index (κ3) is 8.45. The number of nitrogens with zero attached hydrogens (tertiary/aromatic N) is 2. The summed E-state index contributed by atoms with van der Waals surface area (Å²) in [5.74, 6) is -0.0936. The fourth-order valence-corrected chi connectivity index (χ4v) is 6.39. The van der Waals surface area contributed by atoms with Crippen molar-refractivity contribution in [3.8, 4) is 16.9 Å². The first-order valence-electron chi connectivity index (χ1n) is 16.8. The van der Waals surface area contributed by atoms with E-state index in [9.17, 15) is 20.1 Å². The lowest BCUT2D eigenvalue weighted by atomic mass is 9.90. The molecule has 1 saturated heterocycles. The summed E-state index contributed by atoms with van der Waals surface area (Å²) in [5, 5.41) is 33.4. The summed E-state index contributed by atoms with van der Waals surface area (Å²) in [6.07, 6.45) is 1.25. The Morgan fingerprint density at radius 1 is 0.920 bits per heavy atom. The van der Waals surface area contributed by atoms with Crippen LogP contribution >= 0.6 is 0 Å². The monoisotopic (exact) mass is 673 g/mol. The van der Waals surface area contributed by atoms with Crippen molar-refractivity contribution < 1.29 is 29.6 Å². The maximum atomic E-state index is 12.7. The van der Waals surface area contributed by atoms with Gasteiger partial charge in [0.15, 0.2) is 6.29 Å². The zero-order valence-electron chi connectivity index (χ0n) is 28.2. The van der Waals surface area contributed by atoms with Gasteiger partial charge in [0, 0.05) is 43.5 Å². The number of aliphatic hydroxyl groups is 2. The van der Waals surface area contributed by atoms with Crippen LogP contribution in [0.3, 0.4) is 0 Å². The number of nitrogens with one attached hydrogen (secondary N) is 1. The number of benzene rings is 4. The number of rotatable bonds is 12. The largest absolute Gasteiger partial charge is 0.508 e. The Bertz CT molecular complexity index is 1850. The lowest BCUT2D eigenvalue weighted by Crippen LogP contribution is -2.44. The highest BCUT2D eigenvalue weighted by Gasteiger charge is 2.39. The second-order valence-corrected chi connectivity index (χ2v) is 12.9. The lowest BCUT2D eigenvalue weighted by Gasteiger charge is -2.42. The number of amides is 1. The van der Waals surface area contributed by atoms with Gasteiger partial charge in [0.25, 0.3) is 5.91 Å². The number of hydrogen-bond donors (Lipinski definition) is 4. The molecule has 6 rings (SSSR count). The number of ether oxygens (including phenoxy) is 2. The molecule has 4 N–H and O–H groups in total. The predicted octanol–water partition coefficient (Wildman–Crippen LogP) is 6.33. The fraction of sp³-hybridized carbons (Fsp3) is 0.268. The van der Waals surface area contributed by atoms with Gasteiger partial charge in [-0.05, 0) is 64.7 Å². The Kier molecular flexibility index (Phi) is 11.3. The van der Waals surface area contributed by atoms with E-state index in [1.807, 2.05) is 84.7 Å². The van der Waals surface area contributed by atoms with Gasteiger partial charge in [-0.25, -0.2) is 0 Å². The minimum Gasteiger partial charge on any atom is -0.508 e. The molecule has 0 aliphatic carbocycles. The first-order valence-corrected chi connectivity index (χ1v) is 16.8. The average molecular weight is 674 g/mol. The summed E-state index contributed by atoms with van der Waals surface area (Å²) >= 11 is 0. The SMILES string of the molecule is C[C@H]1[C@@H](CN(C)C[C@@H](O)c2cccc(O)c2)O[C@@H](c2ccc(-c3ccccc3CNC(=O)c3cccnc3)cc2)O[C@H]1c1ccc(CO)cc1. The van der Waals surface area contributed by atoms with Crippen LogP contribution in [0.1, 0.15) is 63.6 Å². The Labute approximate surface area is 292 Å². The molecule has 1 aliphatic rings. The fourth-order valence-electron chi connectivity index (χ4n) is 6.39. The Morgan fingerprint density at radius 2 is 1.68 bits per heavy atom. The first kappa shape index (κ1) is 34.9. The van der Waals surface area contributed by atoms with Crippen LogP contribution in [-0.4, -0.2) is 57.4 Å². The third-order valence-electron chi connectivity index (χ3n) is 9.23. The highest BCUT2D eigenvalue weighted by Crippen LogP contribution is 2.42. The molecular formula is C41H43N3O6. The zero-order valence-corrected chi connectivity index (χ0v) is 28.2. The molecule has 0 bridgehead atoms. The van der Waals surface area contributed by atoms with Crippen molar-refractivity contribution in [1.82, 2.24) is 15.2 Å². The summed E-state index contributed by atoms with van der Waals surface area (Å²) < 4.78 is 13.3. The smallest absolute Gasteiger partial charge is 0.253 e. The molecular weight excluding hydrogens is 630 g/mol. The summed E-state index contributed by atoms with van der Waals surface area (Å²) in [6.45, 7) is 3.34. The van der Waals surface area contributed by atoms with Gasteiger partial charge in [-0.1, -0.05) is 91.9 Å². The van der Waals surface area contributed by atoms with Gasteiger partial charge in [-0.3, -0.25) is 9.78 Å². The molecule has 0 saturated carbocycles. The zero-order chi connectivity index (χ0) is 35.0. The number of aliphatic hydroxyl groups excluding tert-OH is 2. The van der Waals surface area contributed by atoms with Gasteiger partial charge < -0.3 is 35.0 Å². The van der Waals surface area contributed by atoms with E-state index in [4.69, 9.17) is 9.47 Å². The Hall–Kier alpha value is -4.90. The molecule has 0 radical (unpaired) electrons. The number of carbonyl (C=O) groups excluding carboxylic acids is 1. The van der Waals surface area contributed by atoms with E-state index in [2.05, 4.69) is 17.2 Å². The second kappa shape index (κ2) is 16.2. The average Bonchev–Trinajstić information content (AvgIpc) is 3.15. The van der Waals surface area contributed by atoms with Crippen LogP contribution in [0.5, 0.6) is 5.75 Å². The number of phenols is 1. The molecule has 0 spiro atoms. The van der Waals surface area contributed by atoms with Crippen molar-refractivity contribution in [2.45, 2.75) is 44.7 Å². The maximum Gasteiger partial charge on any atom is 0.253 e. The summed E-state index contributed by atoms with van der Waals surface area (Å²) in [6, 6.07) is 34.1. The van der Waals surface area contributed by atoms with Crippen LogP contribution < -0.4 is 5.32 Å². The minimum atomic E-state index is -0.779. The number of likely N-dealkylation sites (N-methyl/N-ethyl adjacent to an activating group) is 1. The molecule has 4 aromatic carbocycles. The minimum absolute atomic E-state index is 0.0281. The molecule has 5 aromatic rings. The number of aromatic nitrogens is 1. The normalized spacial score (nSPS) is 19.6. The van der Waals surface area contributed by atoms with Crippen molar-refractivity contribution in [1.29, 1.82) is 0 Å². The Morgan fingerprint density at radius 3 is 2.40 bits per heavy atom. The molecule has 1 amide bonds. The van der Waals surface area contributed by atoms with E-state index in [0.717, 1.165) is 33.4 Å². The van der Waals surface area contributed by atoms with Gasteiger partial charge in [-0.15, -0.1) is 0 Å². The molecule has 258 valence electrons. The van der Waals surface area contributed by atoms with Gasteiger partial charge in [0.2, 0.25) is 0 Å². The van der Waals surface area contributed by atoms with Crippen molar-refractivity contribution in [2.75, 3.05) is 20.1 Å². The molecule has 1 fully saturated rings. The molecule has 1 aromatic heterocycles.